The first-order chi connectivity index (χ1) is 8.76. The standard InChI is InChI=1S/C13H20N2O3/c1-2-18-10-11-4-6-12(7-5-11)15-13(17)14-8-3-9-16/h4-7,16H,2-3,8-10H2,1H3,(H2,14,15,17). The Hall–Kier alpha value is -1.59. The van der Waals surface area contributed by atoms with Crippen LogP contribution in [0.1, 0.15) is 18.9 Å². The zero-order valence-electron chi connectivity index (χ0n) is 10.6. The van der Waals surface area contributed by atoms with Crippen molar-refractivity contribution < 1.29 is 14.6 Å². The fraction of sp³-hybridized carbons (Fsp3) is 0.462. The normalized spacial score (nSPS) is 10.1. The summed E-state index contributed by atoms with van der Waals surface area (Å²) < 4.78 is 5.28. The second kappa shape index (κ2) is 8.49. The third-order valence-corrected chi connectivity index (χ3v) is 2.31. The molecule has 5 nitrogen and oxygen atoms in total. The van der Waals surface area contributed by atoms with Crippen LogP contribution < -0.4 is 10.6 Å². The smallest absolute Gasteiger partial charge is 0.319 e. The van der Waals surface area contributed by atoms with Crippen LogP contribution in [0.3, 0.4) is 0 Å². The van der Waals surface area contributed by atoms with Crippen LogP contribution in [0.15, 0.2) is 24.3 Å². The van der Waals surface area contributed by atoms with Crippen LogP contribution in [-0.2, 0) is 11.3 Å². The molecule has 0 aliphatic heterocycles. The summed E-state index contributed by atoms with van der Waals surface area (Å²) in [5, 5.41) is 13.9. The summed E-state index contributed by atoms with van der Waals surface area (Å²) in [7, 11) is 0. The van der Waals surface area contributed by atoms with Gasteiger partial charge in [0, 0.05) is 25.4 Å². The minimum absolute atomic E-state index is 0.0758. The van der Waals surface area contributed by atoms with E-state index in [4.69, 9.17) is 9.84 Å². The zero-order valence-corrected chi connectivity index (χ0v) is 10.6. The van der Waals surface area contributed by atoms with E-state index in [1.165, 1.54) is 0 Å². The lowest BCUT2D eigenvalue weighted by Crippen LogP contribution is -2.29. The van der Waals surface area contributed by atoms with Gasteiger partial charge in [0.1, 0.15) is 0 Å². The molecule has 0 radical (unpaired) electrons. The fourth-order valence-corrected chi connectivity index (χ4v) is 1.36. The number of nitrogens with one attached hydrogen (secondary N) is 2. The molecule has 0 atom stereocenters. The number of aliphatic hydroxyl groups excluding tert-OH is 1. The number of amides is 2. The molecular formula is C13H20N2O3. The maximum Gasteiger partial charge on any atom is 0.319 e. The minimum atomic E-state index is -0.263. The van der Waals surface area contributed by atoms with Gasteiger partial charge in [0.25, 0.3) is 0 Å². The molecule has 0 saturated heterocycles. The highest BCUT2D eigenvalue weighted by atomic mass is 16.5. The molecule has 0 heterocycles. The number of anilines is 1. The molecule has 1 rings (SSSR count). The Morgan fingerprint density at radius 2 is 2.06 bits per heavy atom. The lowest BCUT2D eigenvalue weighted by atomic mass is 10.2. The van der Waals surface area contributed by atoms with Crippen molar-refractivity contribution >= 4 is 11.7 Å². The molecular weight excluding hydrogens is 232 g/mol. The summed E-state index contributed by atoms with van der Waals surface area (Å²) >= 11 is 0. The topological polar surface area (TPSA) is 70.6 Å². The van der Waals surface area contributed by atoms with Gasteiger partial charge in [-0.15, -0.1) is 0 Å². The SMILES string of the molecule is CCOCc1ccc(NC(=O)NCCCO)cc1. The number of hydrogen-bond acceptors (Lipinski definition) is 3. The van der Waals surface area contributed by atoms with Crippen LogP contribution >= 0.6 is 0 Å². The highest BCUT2D eigenvalue weighted by molar-refractivity contribution is 5.89. The van der Waals surface area contributed by atoms with Crippen molar-refractivity contribution in [2.45, 2.75) is 20.0 Å². The van der Waals surface area contributed by atoms with E-state index in [0.717, 1.165) is 11.3 Å². The summed E-state index contributed by atoms with van der Waals surface area (Å²) in [6.45, 7) is 3.76. The van der Waals surface area contributed by atoms with E-state index in [2.05, 4.69) is 10.6 Å². The molecule has 0 bridgehead atoms. The van der Waals surface area contributed by atoms with Gasteiger partial charge in [0.05, 0.1) is 6.61 Å². The van der Waals surface area contributed by atoms with Crippen LogP contribution in [0, 0.1) is 0 Å². The molecule has 1 aromatic rings. The van der Waals surface area contributed by atoms with Crippen molar-refractivity contribution in [3.05, 3.63) is 29.8 Å². The molecule has 0 spiro atoms. The molecule has 100 valence electrons. The average molecular weight is 252 g/mol. The van der Waals surface area contributed by atoms with Crippen molar-refractivity contribution in [3.63, 3.8) is 0 Å². The number of rotatable bonds is 7. The molecule has 0 saturated carbocycles. The maximum atomic E-state index is 11.4. The second-order valence-electron chi connectivity index (χ2n) is 3.79. The Morgan fingerprint density at radius 3 is 2.67 bits per heavy atom. The van der Waals surface area contributed by atoms with E-state index < -0.39 is 0 Å². The molecule has 18 heavy (non-hydrogen) atoms. The van der Waals surface area contributed by atoms with Gasteiger partial charge >= 0.3 is 6.03 Å². The van der Waals surface area contributed by atoms with Gasteiger partial charge < -0.3 is 20.5 Å². The van der Waals surface area contributed by atoms with E-state index in [-0.39, 0.29) is 12.6 Å². The Labute approximate surface area is 107 Å². The van der Waals surface area contributed by atoms with E-state index in [1.807, 2.05) is 31.2 Å². The van der Waals surface area contributed by atoms with Gasteiger partial charge in [-0.1, -0.05) is 12.1 Å². The first-order valence-corrected chi connectivity index (χ1v) is 6.08. The second-order valence-corrected chi connectivity index (χ2v) is 3.79. The molecule has 0 aliphatic rings. The highest BCUT2D eigenvalue weighted by Gasteiger charge is 2.00. The molecule has 5 heteroatoms. The minimum Gasteiger partial charge on any atom is -0.396 e. The summed E-state index contributed by atoms with van der Waals surface area (Å²) in [5.74, 6) is 0. The molecule has 0 aromatic heterocycles. The average Bonchev–Trinajstić information content (AvgIpc) is 2.38. The quantitative estimate of drug-likeness (QED) is 0.647. The fourth-order valence-electron chi connectivity index (χ4n) is 1.36. The van der Waals surface area contributed by atoms with Gasteiger partial charge in [-0.2, -0.15) is 0 Å². The van der Waals surface area contributed by atoms with Crippen LogP contribution in [0.5, 0.6) is 0 Å². The Bertz CT molecular complexity index is 352. The lowest BCUT2D eigenvalue weighted by Gasteiger charge is -2.08. The van der Waals surface area contributed by atoms with Crippen molar-refractivity contribution in [2.75, 3.05) is 25.1 Å². The lowest BCUT2D eigenvalue weighted by molar-refractivity contribution is 0.134. The van der Waals surface area contributed by atoms with Crippen molar-refractivity contribution in [3.8, 4) is 0 Å². The monoisotopic (exact) mass is 252 g/mol. The largest absolute Gasteiger partial charge is 0.396 e. The van der Waals surface area contributed by atoms with E-state index in [1.54, 1.807) is 0 Å². The van der Waals surface area contributed by atoms with Crippen molar-refractivity contribution in [1.29, 1.82) is 0 Å². The van der Waals surface area contributed by atoms with Crippen LogP contribution in [0.4, 0.5) is 10.5 Å². The van der Waals surface area contributed by atoms with Crippen molar-refractivity contribution in [2.24, 2.45) is 0 Å². The summed E-state index contributed by atoms with van der Waals surface area (Å²) in [6, 6.07) is 7.24. The predicted octanol–water partition coefficient (Wildman–Crippen LogP) is 1.73. The molecule has 0 fully saturated rings. The van der Waals surface area contributed by atoms with Gasteiger partial charge in [-0.05, 0) is 31.0 Å². The maximum absolute atomic E-state index is 11.4. The number of carbonyl (C=O) groups excluding carboxylic acids is 1. The zero-order chi connectivity index (χ0) is 13.2. The van der Waals surface area contributed by atoms with E-state index in [0.29, 0.717) is 26.2 Å². The molecule has 0 unspecified atom stereocenters. The summed E-state index contributed by atoms with van der Waals surface area (Å²) in [6.07, 6.45) is 0.556. The number of aliphatic hydroxyl groups is 1. The first kappa shape index (κ1) is 14.5. The van der Waals surface area contributed by atoms with Crippen molar-refractivity contribution in [1.82, 2.24) is 5.32 Å². The Kier molecular flexibility index (Phi) is 6.83. The predicted molar refractivity (Wildman–Crippen MR) is 70.5 cm³/mol. The number of benzene rings is 1. The third kappa shape index (κ3) is 5.65. The number of ether oxygens (including phenoxy) is 1. The molecule has 2 amide bonds. The van der Waals surface area contributed by atoms with Gasteiger partial charge in [0.2, 0.25) is 0 Å². The van der Waals surface area contributed by atoms with E-state index in [9.17, 15) is 4.79 Å². The Morgan fingerprint density at radius 1 is 1.33 bits per heavy atom. The first-order valence-electron chi connectivity index (χ1n) is 6.08. The van der Waals surface area contributed by atoms with Gasteiger partial charge in [-0.3, -0.25) is 0 Å². The Balaban J connectivity index is 2.35. The summed E-state index contributed by atoms with van der Waals surface area (Å²) in [4.78, 5) is 11.4. The van der Waals surface area contributed by atoms with Gasteiger partial charge in [0.15, 0.2) is 0 Å². The van der Waals surface area contributed by atoms with Crippen LogP contribution in [-0.4, -0.2) is 30.9 Å². The number of carbonyl (C=O) groups is 1. The highest BCUT2D eigenvalue weighted by Crippen LogP contribution is 2.10. The van der Waals surface area contributed by atoms with Gasteiger partial charge in [-0.25, -0.2) is 4.79 Å². The third-order valence-electron chi connectivity index (χ3n) is 2.31. The van der Waals surface area contributed by atoms with Crippen LogP contribution in [0.25, 0.3) is 0 Å². The molecule has 0 aliphatic carbocycles. The number of hydrogen-bond donors (Lipinski definition) is 3. The number of urea groups is 1. The molecule has 1 aromatic carbocycles. The molecule has 3 N–H and O–H groups in total. The van der Waals surface area contributed by atoms with Crippen LogP contribution in [0.2, 0.25) is 0 Å². The summed E-state index contributed by atoms with van der Waals surface area (Å²) in [5.41, 5.74) is 1.81. The van der Waals surface area contributed by atoms with E-state index >= 15 is 0 Å².